The van der Waals surface area contributed by atoms with E-state index in [4.69, 9.17) is 0 Å². The minimum absolute atomic E-state index is 0.0251. The van der Waals surface area contributed by atoms with Crippen molar-refractivity contribution in [3.63, 3.8) is 0 Å². The van der Waals surface area contributed by atoms with E-state index in [2.05, 4.69) is 24.7 Å². The van der Waals surface area contributed by atoms with Gasteiger partial charge in [0.05, 0.1) is 11.9 Å². The third kappa shape index (κ3) is 3.54. The van der Waals surface area contributed by atoms with Crippen LogP contribution < -0.4 is 9.62 Å². The third-order valence-corrected chi connectivity index (χ3v) is 5.26. The van der Waals surface area contributed by atoms with E-state index in [1.807, 2.05) is 36.4 Å². The Balaban J connectivity index is 1.63. The minimum atomic E-state index is -3.18. The maximum Gasteiger partial charge on any atom is 0.254 e. The molecular formula is C17H20N6O2S. The molecule has 0 aliphatic carbocycles. The summed E-state index contributed by atoms with van der Waals surface area (Å²) < 4.78 is 27.3. The molecule has 1 aliphatic heterocycles. The van der Waals surface area contributed by atoms with Gasteiger partial charge in [-0.3, -0.25) is 0 Å². The van der Waals surface area contributed by atoms with E-state index in [9.17, 15) is 8.42 Å². The Morgan fingerprint density at radius 3 is 2.58 bits per heavy atom. The van der Waals surface area contributed by atoms with Gasteiger partial charge in [0.15, 0.2) is 0 Å². The summed E-state index contributed by atoms with van der Waals surface area (Å²) in [4.78, 5) is 11.0. The van der Waals surface area contributed by atoms with Gasteiger partial charge in [0, 0.05) is 30.8 Å². The SMILES string of the molecule is CS(=O)(=O)NC1CCN(c2cc(-c3ccccc3)nc3ncnn23)CC1. The summed E-state index contributed by atoms with van der Waals surface area (Å²) in [5.41, 5.74) is 1.87. The summed E-state index contributed by atoms with van der Waals surface area (Å²) in [6.45, 7) is 1.47. The monoisotopic (exact) mass is 372 g/mol. The number of aromatic nitrogens is 4. The van der Waals surface area contributed by atoms with Crippen LogP contribution in [0.3, 0.4) is 0 Å². The van der Waals surface area contributed by atoms with Crippen LogP contribution in [0.15, 0.2) is 42.7 Å². The number of sulfonamides is 1. The number of benzene rings is 1. The Hall–Kier alpha value is -2.52. The second-order valence-corrected chi connectivity index (χ2v) is 8.27. The van der Waals surface area contributed by atoms with E-state index in [0.717, 1.165) is 43.0 Å². The van der Waals surface area contributed by atoms with Crippen LogP contribution in [-0.2, 0) is 10.0 Å². The highest BCUT2D eigenvalue weighted by molar-refractivity contribution is 7.88. The average Bonchev–Trinajstić information content (AvgIpc) is 3.10. The molecule has 0 spiro atoms. The fourth-order valence-electron chi connectivity index (χ4n) is 3.31. The van der Waals surface area contributed by atoms with Crippen molar-refractivity contribution in [3.8, 4) is 11.3 Å². The molecule has 1 aromatic carbocycles. The maximum atomic E-state index is 11.4. The van der Waals surface area contributed by atoms with Gasteiger partial charge in [-0.25, -0.2) is 18.1 Å². The first-order valence-electron chi connectivity index (χ1n) is 8.48. The highest BCUT2D eigenvalue weighted by Crippen LogP contribution is 2.26. The lowest BCUT2D eigenvalue weighted by Gasteiger charge is -2.33. The van der Waals surface area contributed by atoms with Crippen molar-refractivity contribution in [1.29, 1.82) is 0 Å². The van der Waals surface area contributed by atoms with Crippen molar-refractivity contribution in [1.82, 2.24) is 24.3 Å². The molecule has 9 heteroatoms. The second-order valence-electron chi connectivity index (χ2n) is 6.49. The molecule has 1 N–H and O–H groups in total. The van der Waals surface area contributed by atoms with Crippen LogP contribution in [-0.4, -0.2) is 53.4 Å². The quantitative estimate of drug-likeness (QED) is 0.742. The molecule has 3 heterocycles. The molecule has 1 aliphatic rings. The molecule has 0 bridgehead atoms. The number of nitrogens with zero attached hydrogens (tertiary/aromatic N) is 5. The van der Waals surface area contributed by atoms with Crippen LogP contribution in [0.2, 0.25) is 0 Å². The van der Waals surface area contributed by atoms with E-state index in [0.29, 0.717) is 5.78 Å². The van der Waals surface area contributed by atoms with Gasteiger partial charge in [-0.15, -0.1) is 0 Å². The molecule has 0 radical (unpaired) electrons. The van der Waals surface area contributed by atoms with Crippen LogP contribution in [0.4, 0.5) is 5.82 Å². The number of anilines is 1. The Morgan fingerprint density at radius 2 is 1.88 bits per heavy atom. The molecule has 8 nitrogen and oxygen atoms in total. The summed E-state index contributed by atoms with van der Waals surface area (Å²) in [6, 6.07) is 12.0. The summed E-state index contributed by atoms with van der Waals surface area (Å²) >= 11 is 0. The predicted octanol–water partition coefficient (Wildman–Crippen LogP) is 1.31. The normalized spacial score (nSPS) is 16.3. The first kappa shape index (κ1) is 16.9. The number of rotatable bonds is 4. The topological polar surface area (TPSA) is 92.5 Å². The van der Waals surface area contributed by atoms with Crippen molar-refractivity contribution in [2.45, 2.75) is 18.9 Å². The highest BCUT2D eigenvalue weighted by Gasteiger charge is 2.24. The molecule has 4 rings (SSSR count). The summed E-state index contributed by atoms with van der Waals surface area (Å²) in [5.74, 6) is 1.47. The van der Waals surface area contributed by atoms with E-state index in [-0.39, 0.29) is 6.04 Å². The Morgan fingerprint density at radius 1 is 1.15 bits per heavy atom. The maximum absolute atomic E-state index is 11.4. The molecule has 0 atom stereocenters. The van der Waals surface area contributed by atoms with E-state index < -0.39 is 10.0 Å². The smallest absolute Gasteiger partial charge is 0.254 e. The molecule has 26 heavy (non-hydrogen) atoms. The van der Waals surface area contributed by atoms with Crippen molar-refractivity contribution in [2.24, 2.45) is 0 Å². The summed E-state index contributed by atoms with van der Waals surface area (Å²) in [5, 5.41) is 4.30. The Kier molecular flexibility index (Phi) is 4.33. The van der Waals surface area contributed by atoms with Crippen LogP contribution in [0.1, 0.15) is 12.8 Å². The van der Waals surface area contributed by atoms with Crippen molar-refractivity contribution in [2.75, 3.05) is 24.2 Å². The number of nitrogens with one attached hydrogen (secondary N) is 1. The van der Waals surface area contributed by atoms with Crippen LogP contribution in [0.5, 0.6) is 0 Å². The molecule has 0 amide bonds. The van der Waals surface area contributed by atoms with Crippen LogP contribution in [0, 0.1) is 0 Å². The zero-order valence-corrected chi connectivity index (χ0v) is 15.2. The number of fused-ring (bicyclic) bond motifs is 1. The highest BCUT2D eigenvalue weighted by atomic mass is 32.2. The van der Waals surface area contributed by atoms with Crippen molar-refractivity contribution < 1.29 is 8.42 Å². The lowest BCUT2D eigenvalue weighted by Crippen LogP contribution is -2.44. The van der Waals surface area contributed by atoms with Gasteiger partial charge in [0.25, 0.3) is 5.78 Å². The summed E-state index contributed by atoms with van der Waals surface area (Å²) in [6.07, 6.45) is 4.18. The van der Waals surface area contributed by atoms with Crippen LogP contribution in [0.25, 0.3) is 17.0 Å². The van der Waals surface area contributed by atoms with Crippen LogP contribution >= 0.6 is 0 Å². The third-order valence-electron chi connectivity index (χ3n) is 4.50. The van der Waals surface area contributed by atoms with E-state index in [1.165, 1.54) is 12.6 Å². The average molecular weight is 372 g/mol. The molecule has 136 valence electrons. The van der Waals surface area contributed by atoms with Gasteiger partial charge < -0.3 is 4.90 Å². The van der Waals surface area contributed by atoms with Gasteiger partial charge >= 0.3 is 0 Å². The first-order valence-corrected chi connectivity index (χ1v) is 10.4. The fraction of sp³-hybridized carbons (Fsp3) is 0.353. The standard InChI is InChI=1S/C17H20N6O2S/c1-26(24,25)21-14-7-9-22(10-8-14)16-11-15(13-5-3-2-4-6-13)20-17-18-12-19-23(16)17/h2-6,11-12,14,21H,7-10H2,1H3. The largest absolute Gasteiger partial charge is 0.356 e. The molecule has 0 saturated carbocycles. The number of hydrogen-bond donors (Lipinski definition) is 1. The number of piperidine rings is 1. The molecule has 3 aromatic rings. The minimum Gasteiger partial charge on any atom is -0.356 e. The van der Waals surface area contributed by atoms with E-state index >= 15 is 0 Å². The van der Waals surface area contributed by atoms with Crippen molar-refractivity contribution in [3.05, 3.63) is 42.7 Å². The lowest BCUT2D eigenvalue weighted by atomic mass is 10.1. The Bertz CT molecular complexity index is 1010. The van der Waals surface area contributed by atoms with Gasteiger partial charge in [-0.2, -0.15) is 14.6 Å². The summed E-state index contributed by atoms with van der Waals surface area (Å²) in [7, 11) is -3.18. The number of hydrogen-bond acceptors (Lipinski definition) is 6. The van der Waals surface area contributed by atoms with Gasteiger partial charge in [0.1, 0.15) is 12.1 Å². The zero-order valence-electron chi connectivity index (χ0n) is 14.4. The fourth-order valence-corrected chi connectivity index (χ4v) is 4.15. The predicted molar refractivity (Wildman–Crippen MR) is 99.4 cm³/mol. The molecule has 1 saturated heterocycles. The first-order chi connectivity index (χ1) is 12.5. The molecule has 0 unspecified atom stereocenters. The molecule has 2 aromatic heterocycles. The molecule has 1 fully saturated rings. The van der Waals surface area contributed by atoms with Gasteiger partial charge in [0.2, 0.25) is 10.0 Å². The molecular weight excluding hydrogens is 352 g/mol. The van der Waals surface area contributed by atoms with Gasteiger partial charge in [-0.1, -0.05) is 30.3 Å². The second kappa shape index (κ2) is 6.65. The van der Waals surface area contributed by atoms with E-state index in [1.54, 1.807) is 4.52 Å². The Labute approximate surface area is 151 Å². The lowest BCUT2D eigenvalue weighted by molar-refractivity contribution is 0.458. The zero-order chi connectivity index (χ0) is 18.1. The van der Waals surface area contributed by atoms with Gasteiger partial charge in [-0.05, 0) is 12.8 Å². The van der Waals surface area contributed by atoms with Crippen molar-refractivity contribution >= 4 is 21.6 Å².